The molecule has 204 valence electrons. The first-order chi connectivity index (χ1) is 16.6. The molecule has 0 aliphatic heterocycles. The predicted molar refractivity (Wildman–Crippen MR) is 143 cm³/mol. The molecule has 0 radical (unpaired) electrons. The van der Waals surface area contributed by atoms with Gasteiger partial charge in [-0.2, -0.15) is 0 Å². The Bertz CT molecular complexity index is 909. The summed E-state index contributed by atoms with van der Waals surface area (Å²) in [6, 6.07) is 3.85. The molecule has 2 atom stereocenters. The van der Waals surface area contributed by atoms with Crippen molar-refractivity contribution in [2.45, 2.75) is 71.3 Å². The molecule has 0 amide bonds. The van der Waals surface area contributed by atoms with Crippen molar-refractivity contribution in [1.29, 1.82) is 0 Å². The van der Waals surface area contributed by atoms with Crippen LogP contribution in [0.15, 0.2) is 12.1 Å². The average molecular weight is 545 g/mol. The Balaban J connectivity index is 2.96. The number of methoxy groups -OCH3 is 2. The second-order valence-corrected chi connectivity index (χ2v) is 13.1. The van der Waals surface area contributed by atoms with Crippen molar-refractivity contribution in [3.63, 3.8) is 0 Å². The number of thioether (sulfide) groups is 1. The molecule has 1 aromatic carbocycles. The van der Waals surface area contributed by atoms with Gasteiger partial charge in [-0.1, -0.05) is 53.7 Å². The topological polar surface area (TPSA) is 116 Å². The van der Waals surface area contributed by atoms with Gasteiger partial charge in [0.2, 0.25) is 0 Å². The number of phenols is 1. The highest BCUT2D eigenvalue weighted by Crippen LogP contribution is 2.40. The molecule has 0 saturated heterocycles. The summed E-state index contributed by atoms with van der Waals surface area (Å²) in [6.45, 7) is 12.2. The van der Waals surface area contributed by atoms with Crippen molar-refractivity contribution < 1.29 is 37.9 Å². The number of carbonyl (C=O) groups is 3. The van der Waals surface area contributed by atoms with Crippen LogP contribution in [0.3, 0.4) is 0 Å². The second kappa shape index (κ2) is 14.0. The number of phenolic OH excluding ortho intramolecular Hbond substituents is 1. The molecule has 2 unspecified atom stereocenters. The van der Waals surface area contributed by atoms with E-state index in [9.17, 15) is 23.7 Å². The molecule has 36 heavy (non-hydrogen) atoms. The molecule has 0 heterocycles. The number of esters is 3. The average Bonchev–Trinajstić information content (AvgIpc) is 2.76. The smallest absolute Gasteiger partial charge is 0.318 e. The lowest BCUT2D eigenvalue weighted by molar-refractivity contribution is -0.146. The van der Waals surface area contributed by atoms with Crippen LogP contribution in [0.5, 0.6) is 5.75 Å². The van der Waals surface area contributed by atoms with Crippen molar-refractivity contribution in [2.75, 3.05) is 37.2 Å². The fourth-order valence-corrected chi connectivity index (χ4v) is 5.48. The van der Waals surface area contributed by atoms with E-state index in [1.54, 1.807) is 0 Å². The van der Waals surface area contributed by atoms with E-state index >= 15 is 0 Å². The number of rotatable bonds is 12. The number of benzene rings is 1. The summed E-state index contributed by atoms with van der Waals surface area (Å²) in [6.07, 6.45) is -0.258. The van der Waals surface area contributed by atoms with Gasteiger partial charge >= 0.3 is 17.9 Å². The third-order valence-electron chi connectivity index (χ3n) is 5.33. The SMILES string of the molecule is COC(=O)CSCC(CS(=O)CC(=O)OC)OC(=O)CCc1cc(C(C)(C)C)c(O)c(C(C)(C)C)c1. The highest BCUT2D eigenvalue weighted by Gasteiger charge is 2.27. The molecule has 0 saturated carbocycles. The van der Waals surface area contributed by atoms with Crippen molar-refractivity contribution in [3.8, 4) is 5.75 Å². The maximum Gasteiger partial charge on any atom is 0.318 e. The van der Waals surface area contributed by atoms with Crippen LogP contribution in [0.2, 0.25) is 0 Å². The number of ether oxygens (including phenoxy) is 3. The van der Waals surface area contributed by atoms with Crippen LogP contribution < -0.4 is 0 Å². The minimum absolute atomic E-state index is 0.0451. The maximum atomic E-state index is 12.7. The van der Waals surface area contributed by atoms with Crippen LogP contribution in [-0.2, 0) is 56.6 Å². The monoisotopic (exact) mass is 544 g/mol. The Morgan fingerprint density at radius 2 is 1.47 bits per heavy atom. The third-order valence-corrected chi connectivity index (χ3v) is 7.68. The standard InChI is InChI=1S/C26H40O8S2/c1-25(2,3)19-11-17(12-20(24(19)30)26(4,5)6)9-10-21(27)34-18(13-35-14-22(28)32-7)15-36(31)16-23(29)33-8/h11-12,18,30H,9-10,13-16H2,1-8H3. The van der Waals surface area contributed by atoms with Gasteiger partial charge in [0.15, 0.2) is 0 Å². The molecule has 0 aromatic heterocycles. The Morgan fingerprint density at radius 3 is 1.94 bits per heavy atom. The summed E-state index contributed by atoms with van der Waals surface area (Å²) >= 11 is 1.20. The lowest BCUT2D eigenvalue weighted by Crippen LogP contribution is -2.30. The number of hydrogen-bond donors (Lipinski definition) is 1. The molecule has 0 aliphatic rings. The van der Waals surface area contributed by atoms with Crippen LogP contribution >= 0.6 is 11.8 Å². The third kappa shape index (κ3) is 10.9. The van der Waals surface area contributed by atoms with Gasteiger partial charge in [0.1, 0.15) is 17.6 Å². The Labute approximate surface area is 221 Å². The highest BCUT2D eigenvalue weighted by molar-refractivity contribution is 8.00. The zero-order valence-electron chi connectivity index (χ0n) is 22.6. The highest BCUT2D eigenvalue weighted by atomic mass is 32.2. The van der Waals surface area contributed by atoms with Gasteiger partial charge in [0.25, 0.3) is 0 Å². The Morgan fingerprint density at radius 1 is 0.944 bits per heavy atom. The summed E-state index contributed by atoms with van der Waals surface area (Å²) < 4.78 is 27.1. The molecule has 0 spiro atoms. The molecular weight excluding hydrogens is 504 g/mol. The fraction of sp³-hybridized carbons (Fsp3) is 0.654. The predicted octanol–water partition coefficient (Wildman–Crippen LogP) is 3.66. The van der Waals surface area contributed by atoms with Gasteiger partial charge in [-0.05, 0) is 33.9 Å². The van der Waals surface area contributed by atoms with E-state index in [0.717, 1.165) is 16.7 Å². The quantitative estimate of drug-likeness (QED) is 0.311. The van der Waals surface area contributed by atoms with Gasteiger partial charge in [-0.3, -0.25) is 18.6 Å². The summed E-state index contributed by atoms with van der Waals surface area (Å²) in [7, 11) is 0.904. The van der Waals surface area contributed by atoms with E-state index in [1.165, 1.54) is 26.0 Å². The van der Waals surface area contributed by atoms with Crippen molar-refractivity contribution >= 4 is 40.5 Å². The van der Waals surface area contributed by atoms with Crippen LogP contribution in [0.25, 0.3) is 0 Å². The lowest BCUT2D eigenvalue weighted by atomic mass is 9.78. The van der Waals surface area contributed by atoms with E-state index in [-0.39, 0.29) is 46.0 Å². The van der Waals surface area contributed by atoms with Crippen LogP contribution in [-0.4, -0.2) is 70.6 Å². The van der Waals surface area contributed by atoms with Gasteiger partial charge in [0, 0.05) is 23.0 Å². The van der Waals surface area contributed by atoms with E-state index in [2.05, 4.69) is 9.47 Å². The van der Waals surface area contributed by atoms with Crippen molar-refractivity contribution in [3.05, 3.63) is 28.8 Å². The molecule has 0 fully saturated rings. The number of hydrogen-bond acceptors (Lipinski definition) is 9. The Hall–Kier alpha value is -2.07. The first-order valence-electron chi connectivity index (χ1n) is 11.7. The zero-order valence-corrected chi connectivity index (χ0v) is 24.2. The lowest BCUT2D eigenvalue weighted by Gasteiger charge is -2.28. The van der Waals surface area contributed by atoms with Gasteiger partial charge < -0.3 is 19.3 Å². The Kier molecular flexibility index (Phi) is 12.4. The molecule has 8 nitrogen and oxygen atoms in total. The molecule has 1 N–H and O–H groups in total. The van der Waals surface area contributed by atoms with E-state index < -0.39 is 34.8 Å². The normalized spacial score (nSPS) is 13.6. The van der Waals surface area contributed by atoms with Gasteiger partial charge in [-0.15, -0.1) is 11.8 Å². The van der Waals surface area contributed by atoms with Gasteiger partial charge in [0.05, 0.1) is 25.7 Å². The minimum atomic E-state index is -1.59. The van der Waals surface area contributed by atoms with Crippen molar-refractivity contribution in [1.82, 2.24) is 0 Å². The van der Waals surface area contributed by atoms with Crippen molar-refractivity contribution in [2.24, 2.45) is 0 Å². The summed E-state index contributed by atoms with van der Waals surface area (Å²) in [5.41, 5.74) is 1.96. The molecule has 1 rings (SSSR count). The summed E-state index contributed by atoms with van der Waals surface area (Å²) in [4.78, 5) is 35.6. The number of carbonyl (C=O) groups excluding carboxylic acids is 3. The zero-order chi connectivity index (χ0) is 27.7. The molecule has 10 heteroatoms. The second-order valence-electron chi connectivity index (χ2n) is 10.6. The van der Waals surface area contributed by atoms with E-state index in [1.807, 2.05) is 53.7 Å². The summed E-state index contributed by atoms with van der Waals surface area (Å²) in [5.74, 6) is -1.29. The molecule has 0 aliphatic carbocycles. The maximum absolute atomic E-state index is 12.7. The largest absolute Gasteiger partial charge is 0.507 e. The minimum Gasteiger partial charge on any atom is -0.507 e. The first-order valence-corrected chi connectivity index (χ1v) is 14.4. The number of aryl methyl sites for hydroxylation is 1. The van der Waals surface area contributed by atoms with Crippen LogP contribution in [0.4, 0.5) is 0 Å². The van der Waals surface area contributed by atoms with Crippen LogP contribution in [0.1, 0.15) is 64.7 Å². The summed E-state index contributed by atoms with van der Waals surface area (Å²) in [5, 5.41) is 10.9. The number of aromatic hydroxyl groups is 1. The van der Waals surface area contributed by atoms with E-state index in [4.69, 9.17) is 4.74 Å². The molecule has 0 bridgehead atoms. The van der Waals surface area contributed by atoms with Gasteiger partial charge in [-0.25, -0.2) is 0 Å². The van der Waals surface area contributed by atoms with E-state index in [0.29, 0.717) is 6.42 Å². The first kappa shape index (κ1) is 32.0. The molecular formula is C26H40O8S2. The fourth-order valence-electron chi connectivity index (χ4n) is 3.38. The van der Waals surface area contributed by atoms with Crippen LogP contribution in [0, 0.1) is 0 Å². The molecule has 1 aromatic rings.